The van der Waals surface area contributed by atoms with Crippen molar-refractivity contribution < 1.29 is 24.5 Å². The van der Waals surface area contributed by atoms with Gasteiger partial charge in [-0.05, 0) is 25.7 Å². The Balaban J connectivity index is 3.38. The molecule has 0 aliphatic rings. The maximum Gasteiger partial charge on any atom is 0.305 e. The molecule has 0 spiro atoms. The number of ether oxygens (including phenoxy) is 1. The van der Waals surface area contributed by atoms with Gasteiger partial charge in [0.15, 0.2) is 0 Å². The molecule has 0 saturated carbocycles. The van der Waals surface area contributed by atoms with Gasteiger partial charge in [-0.25, -0.2) is 0 Å². The number of amides is 1. The molecule has 6 heteroatoms. The van der Waals surface area contributed by atoms with E-state index in [0.717, 1.165) is 38.5 Å². The lowest BCUT2D eigenvalue weighted by atomic mass is 10.0. The Morgan fingerprint density at radius 2 is 0.631 bits per heavy atom. The second-order valence-corrected chi connectivity index (χ2v) is 20.7. The Morgan fingerprint density at radius 1 is 0.369 bits per heavy atom. The van der Waals surface area contributed by atoms with Gasteiger partial charge in [0.1, 0.15) is 0 Å². The third-order valence-electron chi connectivity index (χ3n) is 14.2. The molecule has 0 radical (unpaired) electrons. The Hall–Kier alpha value is -1.14. The molecule has 0 aromatic rings. The zero-order valence-electron chi connectivity index (χ0n) is 44.3. The summed E-state index contributed by atoms with van der Waals surface area (Å²) < 4.78 is 5.49. The standard InChI is InChI=1S/C59H117NO5/c1-3-5-7-9-11-13-15-17-23-27-31-35-39-43-47-51-57(62)56(55-61)60-58(63)52-48-44-40-36-32-28-25-21-19-20-22-26-30-34-38-42-46-50-54-65-59(64)53-49-45-41-37-33-29-24-18-16-14-12-10-8-6-4-2/h56-57,61-62H,3-55H2,1-2H3,(H,60,63). The molecule has 0 aliphatic carbocycles. The van der Waals surface area contributed by atoms with Gasteiger partial charge in [-0.15, -0.1) is 0 Å². The van der Waals surface area contributed by atoms with Crippen LogP contribution in [0.15, 0.2) is 0 Å². The van der Waals surface area contributed by atoms with E-state index >= 15 is 0 Å². The van der Waals surface area contributed by atoms with E-state index in [-0.39, 0.29) is 18.5 Å². The van der Waals surface area contributed by atoms with Gasteiger partial charge in [-0.1, -0.05) is 303 Å². The maximum atomic E-state index is 12.5. The Kier molecular flexibility index (Phi) is 54.5. The SMILES string of the molecule is CCCCCCCCCCCCCCCCCC(=O)OCCCCCCCCCCCCCCCCCCCCC(=O)NC(CO)C(O)CCCCCCCCCCCCCCCCC. The second-order valence-electron chi connectivity index (χ2n) is 20.7. The lowest BCUT2D eigenvalue weighted by Crippen LogP contribution is -2.45. The first-order valence-electron chi connectivity index (χ1n) is 29.8. The van der Waals surface area contributed by atoms with Crippen LogP contribution in [0, 0.1) is 0 Å². The van der Waals surface area contributed by atoms with Gasteiger partial charge in [-0.2, -0.15) is 0 Å². The van der Waals surface area contributed by atoms with Gasteiger partial charge >= 0.3 is 5.97 Å². The number of esters is 1. The number of nitrogens with one attached hydrogen (secondary N) is 1. The fraction of sp³-hybridized carbons (Fsp3) is 0.966. The zero-order chi connectivity index (χ0) is 47.2. The van der Waals surface area contributed by atoms with E-state index in [9.17, 15) is 19.8 Å². The highest BCUT2D eigenvalue weighted by molar-refractivity contribution is 5.76. The molecule has 0 aromatic carbocycles. The predicted octanol–water partition coefficient (Wildman–Crippen LogP) is 18.3. The van der Waals surface area contributed by atoms with E-state index in [1.807, 2.05) is 0 Å². The van der Waals surface area contributed by atoms with Crippen molar-refractivity contribution in [3.63, 3.8) is 0 Å². The minimum absolute atomic E-state index is 0.0112. The van der Waals surface area contributed by atoms with Crippen LogP contribution in [0.3, 0.4) is 0 Å². The van der Waals surface area contributed by atoms with Gasteiger partial charge in [0.25, 0.3) is 0 Å². The molecule has 0 bridgehead atoms. The van der Waals surface area contributed by atoms with Crippen LogP contribution in [0.1, 0.15) is 341 Å². The van der Waals surface area contributed by atoms with Crippen LogP contribution < -0.4 is 5.32 Å². The lowest BCUT2D eigenvalue weighted by Gasteiger charge is -2.22. The third kappa shape index (κ3) is 52.1. The third-order valence-corrected chi connectivity index (χ3v) is 14.2. The van der Waals surface area contributed by atoms with E-state index < -0.39 is 12.1 Å². The number of aliphatic hydroxyl groups excluding tert-OH is 2. The number of hydrogen-bond acceptors (Lipinski definition) is 5. The fourth-order valence-electron chi connectivity index (χ4n) is 9.58. The average Bonchev–Trinajstić information content (AvgIpc) is 3.31. The monoisotopic (exact) mass is 920 g/mol. The quantitative estimate of drug-likeness (QED) is 0.0417. The van der Waals surface area contributed by atoms with Crippen LogP contribution in [0.5, 0.6) is 0 Å². The van der Waals surface area contributed by atoms with Crippen molar-refractivity contribution in [2.24, 2.45) is 0 Å². The van der Waals surface area contributed by atoms with Crippen molar-refractivity contribution in [2.75, 3.05) is 13.2 Å². The summed E-state index contributed by atoms with van der Waals surface area (Å²) in [4.78, 5) is 24.5. The van der Waals surface area contributed by atoms with E-state index in [4.69, 9.17) is 4.74 Å². The number of carbonyl (C=O) groups is 2. The van der Waals surface area contributed by atoms with Crippen molar-refractivity contribution in [2.45, 2.75) is 353 Å². The molecular formula is C59H117NO5. The summed E-state index contributed by atoms with van der Waals surface area (Å²) >= 11 is 0. The van der Waals surface area contributed by atoms with Crippen molar-refractivity contribution >= 4 is 11.9 Å². The van der Waals surface area contributed by atoms with E-state index in [0.29, 0.717) is 25.9 Å². The van der Waals surface area contributed by atoms with E-state index in [1.54, 1.807) is 0 Å². The maximum absolute atomic E-state index is 12.5. The first-order valence-corrected chi connectivity index (χ1v) is 29.8. The molecule has 3 N–H and O–H groups in total. The van der Waals surface area contributed by atoms with Crippen LogP contribution >= 0.6 is 0 Å². The molecule has 0 rings (SSSR count). The highest BCUT2D eigenvalue weighted by Gasteiger charge is 2.20. The summed E-state index contributed by atoms with van der Waals surface area (Å²) in [5.41, 5.74) is 0. The Labute approximate surface area is 406 Å². The average molecular weight is 921 g/mol. The number of unbranched alkanes of at least 4 members (excludes halogenated alkanes) is 45. The second kappa shape index (κ2) is 55.5. The highest BCUT2D eigenvalue weighted by atomic mass is 16.5. The molecule has 2 unspecified atom stereocenters. The summed E-state index contributed by atoms with van der Waals surface area (Å²) in [5, 5.41) is 23.3. The van der Waals surface area contributed by atoms with E-state index in [1.165, 1.54) is 270 Å². The number of aliphatic hydroxyl groups is 2. The number of carbonyl (C=O) groups excluding carboxylic acids is 2. The van der Waals surface area contributed by atoms with Crippen LogP contribution in [0.2, 0.25) is 0 Å². The molecule has 6 nitrogen and oxygen atoms in total. The van der Waals surface area contributed by atoms with Crippen molar-refractivity contribution in [3.8, 4) is 0 Å². The molecule has 0 fully saturated rings. The van der Waals surface area contributed by atoms with Gasteiger partial charge < -0.3 is 20.3 Å². The molecule has 0 saturated heterocycles. The molecule has 65 heavy (non-hydrogen) atoms. The summed E-state index contributed by atoms with van der Waals surface area (Å²) in [5.74, 6) is -0.0248. The van der Waals surface area contributed by atoms with Crippen LogP contribution in [0.4, 0.5) is 0 Å². The molecule has 0 heterocycles. The first kappa shape index (κ1) is 63.9. The molecular weight excluding hydrogens is 803 g/mol. The lowest BCUT2D eigenvalue weighted by molar-refractivity contribution is -0.143. The summed E-state index contributed by atoms with van der Waals surface area (Å²) in [7, 11) is 0. The van der Waals surface area contributed by atoms with Gasteiger partial charge in [0.05, 0.1) is 25.4 Å². The summed E-state index contributed by atoms with van der Waals surface area (Å²) in [6, 6.07) is -0.543. The minimum atomic E-state index is -0.665. The van der Waals surface area contributed by atoms with Gasteiger partial charge in [-0.3, -0.25) is 9.59 Å². The smallest absolute Gasteiger partial charge is 0.305 e. The van der Waals surface area contributed by atoms with Gasteiger partial charge in [0.2, 0.25) is 5.91 Å². The Bertz CT molecular complexity index is 928. The predicted molar refractivity (Wildman–Crippen MR) is 283 cm³/mol. The van der Waals surface area contributed by atoms with Crippen molar-refractivity contribution in [3.05, 3.63) is 0 Å². The summed E-state index contributed by atoms with van der Waals surface area (Å²) in [6.45, 7) is 4.97. The van der Waals surface area contributed by atoms with Crippen LogP contribution in [0.25, 0.3) is 0 Å². The summed E-state index contributed by atoms with van der Waals surface area (Å²) in [6.07, 6.45) is 63.8. The molecule has 0 aliphatic heterocycles. The normalized spacial score (nSPS) is 12.5. The van der Waals surface area contributed by atoms with Gasteiger partial charge in [0, 0.05) is 12.8 Å². The largest absolute Gasteiger partial charge is 0.466 e. The molecule has 0 aromatic heterocycles. The topological polar surface area (TPSA) is 95.9 Å². The van der Waals surface area contributed by atoms with Crippen molar-refractivity contribution in [1.82, 2.24) is 5.32 Å². The minimum Gasteiger partial charge on any atom is -0.466 e. The molecule has 2 atom stereocenters. The van der Waals surface area contributed by atoms with Crippen molar-refractivity contribution in [1.29, 1.82) is 0 Å². The Morgan fingerprint density at radius 3 is 0.938 bits per heavy atom. The number of hydrogen-bond donors (Lipinski definition) is 3. The van der Waals surface area contributed by atoms with Crippen LogP contribution in [-0.2, 0) is 14.3 Å². The first-order chi connectivity index (χ1) is 32.0. The highest BCUT2D eigenvalue weighted by Crippen LogP contribution is 2.18. The van der Waals surface area contributed by atoms with Crippen LogP contribution in [-0.4, -0.2) is 47.4 Å². The molecule has 1 amide bonds. The molecule has 388 valence electrons. The van der Waals surface area contributed by atoms with E-state index in [2.05, 4.69) is 19.2 Å². The fourth-order valence-corrected chi connectivity index (χ4v) is 9.58. The number of rotatable bonds is 56. The zero-order valence-corrected chi connectivity index (χ0v) is 44.3.